The summed E-state index contributed by atoms with van der Waals surface area (Å²) in [6.07, 6.45) is 2.21. The van der Waals surface area contributed by atoms with E-state index in [0.29, 0.717) is 18.8 Å². The summed E-state index contributed by atoms with van der Waals surface area (Å²) in [6.45, 7) is 7.34. The van der Waals surface area contributed by atoms with Crippen LogP contribution in [-0.2, 0) is 11.3 Å². The van der Waals surface area contributed by atoms with Crippen LogP contribution in [0.5, 0.6) is 0 Å². The Balaban J connectivity index is 1.81. The van der Waals surface area contributed by atoms with Crippen LogP contribution in [-0.4, -0.2) is 35.2 Å². The number of hydrogen-bond donors (Lipinski definition) is 1. The summed E-state index contributed by atoms with van der Waals surface area (Å²) in [5, 5.41) is 9.68. The fourth-order valence-corrected chi connectivity index (χ4v) is 3.14. The SMILES string of the molecule is CC(C)(C)C(=O)N(Cc1ccc(N2CCC(O)C2)nc1)c1ccc(F)cc1. The number of rotatable bonds is 4. The first-order valence-corrected chi connectivity index (χ1v) is 9.19. The monoisotopic (exact) mass is 371 g/mol. The maximum absolute atomic E-state index is 13.3. The van der Waals surface area contributed by atoms with E-state index >= 15 is 0 Å². The Bertz CT molecular complexity index is 785. The van der Waals surface area contributed by atoms with Gasteiger partial charge in [0.25, 0.3) is 0 Å². The van der Waals surface area contributed by atoms with Crippen LogP contribution in [0.4, 0.5) is 15.9 Å². The second-order valence-corrected chi connectivity index (χ2v) is 8.03. The zero-order valence-electron chi connectivity index (χ0n) is 16.0. The number of nitrogens with zero attached hydrogens (tertiary/aromatic N) is 3. The molecule has 0 radical (unpaired) electrons. The molecule has 0 bridgehead atoms. The molecule has 1 saturated heterocycles. The molecule has 0 aliphatic carbocycles. The van der Waals surface area contributed by atoms with E-state index in [9.17, 15) is 14.3 Å². The van der Waals surface area contributed by atoms with Crippen molar-refractivity contribution in [1.82, 2.24) is 4.98 Å². The Kier molecular flexibility index (Phi) is 5.46. The lowest BCUT2D eigenvalue weighted by molar-refractivity contribution is -0.125. The summed E-state index contributed by atoms with van der Waals surface area (Å²) >= 11 is 0. The highest BCUT2D eigenvalue weighted by atomic mass is 19.1. The highest BCUT2D eigenvalue weighted by Gasteiger charge is 2.28. The molecule has 1 aliphatic heterocycles. The number of carbonyl (C=O) groups excluding carboxylic acids is 1. The predicted molar refractivity (Wildman–Crippen MR) is 104 cm³/mol. The maximum Gasteiger partial charge on any atom is 0.232 e. The molecular weight excluding hydrogens is 345 g/mol. The molecule has 1 aliphatic rings. The number of aliphatic hydroxyl groups excluding tert-OH is 1. The van der Waals surface area contributed by atoms with Crippen molar-refractivity contribution in [1.29, 1.82) is 0 Å². The van der Waals surface area contributed by atoms with Crippen molar-refractivity contribution in [2.75, 3.05) is 22.9 Å². The van der Waals surface area contributed by atoms with Crippen molar-refractivity contribution in [2.24, 2.45) is 5.41 Å². The highest BCUT2D eigenvalue weighted by molar-refractivity contribution is 5.96. The van der Waals surface area contributed by atoms with Gasteiger partial charge in [0, 0.05) is 30.4 Å². The van der Waals surface area contributed by atoms with Crippen LogP contribution in [0.1, 0.15) is 32.8 Å². The van der Waals surface area contributed by atoms with Crippen molar-refractivity contribution in [2.45, 2.75) is 39.8 Å². The minimum Gasteiger partial charge on any atom is -0.391 e. The van der Waals surface area contributed by atoms with E-state index in [1.807, 2.05) is 37.8 Å². The molecule has 1 aromatic carbocycles. The van der Waals surface area contributed by atoms with Gasteiger partial charge in [0.05, 0.1) is 12.6 Å². The number of anilines is 2. The van der Waals surface area contributed by atoms with Crippen LogP contribution in [0, 0.1) is 11.2 Å². The van der Waals surface area contributed by atoms with Crippen molar-refractivity contribution < 1.29 is 14.3 Å². The van der Waals surface area contributed by atoms with Gasteiger partial charge in [0.1, 0.15) is 11.6 Å². The summed E-state index contributed by atoms with van der Waals surface area (Å²) in [5.74, 6) is 0.451. The first-order valence-electron chi connectivity index (χ1n) is 9.19. The Morgan fingerprint density at radius 2 is 1.96 bits per heavy atom. The maximum atomic E-state index is 13.3. The summed E-state index contributed by atoms with van der Waals surface area (Å²) in [6, 6.07) is 9.81. The number of β-amino-alcohol motifs (C(OH)–C–C–N with tert-alkyl or cyclic N) is 1. The van der Waals surface area contributed by atoms with E-state index in [2.05, 4.69) is 4.98 Å². The number of benzene rings is 1. The molecule has 1 N–H and O–H groups in total. The van der Waals surface area contributed by atoms with E-state index in [-0.39, 0.29) is 17.8 Å². The Morgan fingerprint density at radius 1 is 1.26 bits per heavy atom. The number of halogens is 1. The minimum atomic E-state index is -0.562. The molecule has 144 valence electrons. The molecule has 6 heteroatoms. The molecule has 0 saturated carbocycles. The molecule has 3 rings (SSSR count). The van der Waals surface area contributed by atoms with Crippen LogP contribution >= 0.6 is 0 Å². The van der Waals surface area contributed by atoms with E-state index in [0.717, 1.165) is 24.3 Å². The molecular formula is C21H26FN3O2. The molecule has 1 unspecified atom stereocenters. The van der Waals surface area contributed by atoms with Crippen LogP contribution in [0.25, 0.3) is 0 Å². The normalized spacial score (nSPS) is 17.2. The Hall–Kier alpha value is -2.47. The highest BCUT2D eigenvalue weighted by Crippen LogP contribution is 2.26. The zero-order valence-corrected chi connectivity index (χ0v) is 16.0. The van der Waals surface area contributed by atoms with Crippen molar-refractivity contribution in [3.63, 3.8) is 0 Å². The molecule has 1 fully saturated rings. The van der Waals surface area contributed by atoms with Gasteiger partial charge >= 0.3 is 0 Å². The van der Waals surface area contributed by atoms with Crippen LogP contribution in [0.2, 0.25) is 0 Å². The van der Waals surface area contributed by atoms with Gasteiger partial charge in [-0.3, -0.25) is 4.79 Å². The smallest absolute Gasteiger partial charge is 0.232 e. The fraction of sp³-hybridized carbons (Fsp3) is 0.429. The Labute approximate surface area is 159 Å². The third-order valence-corrected chi connectivity index (χ3v) is 4.66. The lowest BCUT2D eigenvalue weighted by Gasteiger charge is -2.30. The van der Waals surface area contributed by atoms with Gasteiger partial charge in [-0.1, -0.05) is 26.8 Å². The average molecular weight is 371 g/mol. The quantitative estimate of drug-likeness (QED) is 0.895. The summed E-state index contributed by atoms with van der Waals surface area (Å²) in [5.41, 5.74) is 0.983. The predicted octanol–water partition coefficient (Wildman–Crippen LogP) is 3.37. The third kappa shape index (κ3) is 4.63. The van der Waals surface area contributed by atoms with E-state index in [1.165, 1.54) is 12.1 Å². The Morgan fingerprint density at radius 3 is 2.48 bits per heavy atom. The van der Waals surface area contributed by atoms with E-state index in [1.54, 1.807) is 23.2 Å². The molecule has 1 amide bonds. The van der Waals surface area contributed by atoms with Crippen molar-refractivity contribution >= 4 is 17.4 Å². The number of amides is 1. The summed E-state index contributed by atoms with van der Waals surface area (Å²) in [7, 11) is 0. The topological polar surface area (TPSA) is 56.7 Å². The lowest BCUT2D eigenvalue weighted by atomic mass is 9.94. The van der Waals surface area contributed by atoms with Gasteiger partial charge in [-0.2, -0.15) is 0 Å². The molecule has 27 heavy (non-hydrogen) atoms. The van der Waals surface area contributed by atoms with E-state index < -0.39 is 5.41 Å². The zero-order chi connectivity index (χ0) is 19.6. The molecule has 5 nitrogen and oxygen atoms in total. The molecule has 0 spiro atoms. The number of aromatic nitrogens is 1. The van der Waals surface area contributed by atoms with Crippen LogP contribution in [0.3, 0.4) is 0 Å². The minimum absolute atomic E-state index is 0.0409. The fourth-order valence-electron chi connectivity index (χ4n) is 3.14. The number of pyridine rings is 1. The summed E-state index contributed by atoms with van der Waals surface area (Å²) in [4.78, 5) is 21.1. The van der Waals surface area contributed by atoms with Crippen molar-refractivity contribution in [3.05, 3.63) is 54.0 Å². The van der Waals surface area contributed by atoms with Gasteiger partial charge in [-0.25, -0.2) is 9.37 Å². The number of hydrogen-bond acceptors (Lipinski definition) is 4. The third-order valence-electron chi connectivity index (χ3n) is 4.66. The van der Waals surface area contributed by atoms with Gasteiger partial charge in [0.2, 0.25) is 5.91 Å². The molecule has 2 aromatic rings. The lowest BCUT2D eigenvalue weighted by Crippen LogP contribution is -2.39. The van der Waals surface area contributed by atoms with Crippen molar-refractivity contribution in [3.8, 4) is 0 Å². The van der Waals surface area contributed by atoms with E-state index in [4.69, 9.17) is 0 Å². The largest absolute Gasteiger partial charge is 0.391 e. The van der Waals surface area contributed by atoms with Crippen LogP contribution in [0.15, 0.2) is 42.6 Å². The first kappa shape index (κ1) is 19.3. The average Bonchev–Trinajstić information content (AvgIpc) is 3.06. The van der Waals surface area contributed by atoms with Gasteiger partial charge in [-0.05, 0) is 42.3 Å². The van der Waals surface area contributed by atoms with Gasteiger partial charge < -0.3 is 14.9 Å². The first-order chi connectivity index (χ1) is 12.7. The second-order valence-electron chi connectivity index (χ2n) is 8.03. The van der Waals surface area contributed by atoms with Gasteiger partial charge in [-0.15, -0.1) is 0 Å². The molecule has 1 aromatic heterocycles. The number of aliphatic hydroxyl groups is 1. The molecule has 1 atom stereocenters. The van der Waals surface area contributed by atoms with Crippen LogP contribution < -0.4 is 9.80 Å². The number of carbonyl (C=O) groups is 1. The van der Waals surface area contributed by atoms with Gasteiger partial charge in [0.15, 0.2) is 0 Å². The standard InChI is InChI=1S/C21H26FN3O2/c1-21(2,3)20(27)25(17-7-5-16(22)6-8-17)13-15-4-9-19(23-12-15)24-11-10-18(26)14-24/h4-9,12,18,26H,10-11,13-14H2,1-3H3. The summed E-state index contributed by atoms with van der Waals surface area (Å²) < 4.78 is 13.3. The second kappa shape index (κ2) is 7.64. The molecule has 2 heterocycles.